The molecule has 6 rings (SSSR count). The molecule has 4 N–H and O–H groups in total. The topological polar surface area (TPSA) is 154 Å². The number of amides is 3. The monoisotopic (exact) mass is 2480 g/mol. The van der Waals surface area contributed by atoms with Crippen molar-refractivity contribution in [2.24, 2.45) is 5.73 Å². The Bertz CT molecular complexity index is 1750. The van der Waals surface area contributed by atoms with E-state index in [1.165, 1.54) is 16.7 Å². The van der Waals surface area contributed by atoms with Gasteiger partial charge in [0, 0.05) is 179 Å². The number of nitrogens with two attached hydrogens (primary N) is 1. The zero-order valence-corrected chi connectivity index (χ0v) is 84.6. The Labute approximate surface area is 736 Å². The minimum atomic E-state index is -0.393. The van der Waals surface area contributed by atoms with E-state index in [4.69, 9.17) is 20.7 Å². The molecule has 3 fully saturated rings. The summed E-state index contributed by atoms with van der Waals surface area (Å²) in [5, 5.41) is 18.0. The number of halogens is 9. The van der Waals surface area contributed by atoms with Crippen LogP contribution in [0.25, 0.3) is 0 Å². The SMILES string of the molecule is CC.CC.CC.CC(I)(I)I.CC(I)I.CC1CN(C(=O)CN)C(C)CN1Cc1ccccc1.CC1CN(C(=O)CO)C(C)CN1Cc1ccccc1.CC1CN(C(=O)CO)C(C)CN1Cc1ccccc1.C[CH-]I.I.[CH2-]C.[CH2-]C=O.[CH3-].[CH3-].[I][V][I].[V].[Y].[Y]. The Kier molecular flexibility index (Phi) is 112. The molecule has 3 aliphatic rings. The van der Waals surface area contributed by atoms with Gasteiger partial charge < -0.3 is 86.7 Å². The average molecular weight is 2480 g/mol. The third-order valence-electron chi connectivity index (χ3n) is 11.4. The molecule has 3 radical (unpaired) electrons. The number of nitrogens with zero attached hydrogens (tertiary/aromatic N) is 6. The van der Waals surface area contributed by atoms with Crippen molar-refractivity contribution in [1.82, 2.24) is 29.4 Å². The second-order valence-electron chi connectivity index (χ2n) is 17.7. The summed E-state index contributed by atoms with van der Waals surface area (Å²) < 4.78 is 3.15. The van der Waals surface area contributed by atoms with Crippen LogP contribution in [0.3, 0.4) is 0 Å². The third-order valence-corrected chi connectivity index (χ3v) is 11.4. The molecule has 0 aliphatic carbocycles. The molecule has 3 aliphatic heterocycles. The second-order valence-corrected chi connectivity index (χ2v) is 49.6. The summed E-state index contributed by atoms with van der Waals surface area (Å²) in [4.78, 5) is 56.4. The van der Waals surface area contributed by atoms with Gasteiger partial charge in [-0.25, -0.2) is 0 Å². The van der Waals surface area contributed by atoms with Crippen LogP contribution in [0.5, 0.6) is 0 Å². The van der Waals surface area contributed by atoms with Crippen LogP contribution in [0.1, 0.15) is 127 Å². The van der Waals surface area contributed by atoms with Gasteiger partial charge in [-0.2, -0.15) is 13.8 Å². The number of rotatable bonds is 9. The molecule has 6 unspecified atom stereocenters. The molecule has 6 atom stereocenters. The number of piperazine rings is 3. The van der Waals surface area contributed by atoms with Crippen molar-refractivity contribution in [2.75, 3.05) is 59.0 Å². The van der Waals surface area contributed by atoms with Gasteiger partial charge in [0.1, 0.15) is 12.6 Å². The van der Waals surface area contributed by atoms with Crippen molar-refractivity contribution < 1.29 is 123 Å². The van der Waals surface area contributed by atoms with Crippen LogP contribution in [-0.2, 0) is 132 Å². The number of aldehydes is 1. The molecule has 3 amide bonds. The van der Waals surface area contributed by atoms with E-state index in [0.717, 1.165) is 47.7 Å². The minimum absolute atomic E-state index is 0. The molecule has 3 aromatic rings. The van der Waals surface area contributed by atoms with Crippen LogP contribution in [0.15, 0.2) is 91.0 Å². The summed E-state index contributed by atoms with van der Waals surface area (Å²) in [5.41, 5.74) is 9.37. The normalized spacial score (nSPS) is 17.5. The molecular weight excluding hydrogens is 2370 g/mol. The summed E-state index contributed by atoms with van der Waals surface area (Å²) in [6, 6.07) is 32.7. The molecule has 89 heavy (non-hydrogen) atoms. The van der Waals surface area contributed by atoms with E-state index in [2.05, 4.69) is 318 Å². The summed E-state index contributed by atoms with van der Waals surface area (Å²) in [5.74, 6) is -0.281. The smallest absolute Gasteiger partial charge is 0 e. The van der Waals surface area contributed by atoms with Gasteiger partial charge in [-0.05, 0) is 78.4 Å². The molecule has 26 heteroatoms. The molecule has 0 spiro atoms. The van der Waals surface area contributed by atoms with Gasteiger partial charge in [0.05, 0.1) is 8.48 Å². The molecule has 3 aromatic carbocycles. The van der Waals surface area contributed by atoms with Gasteiger partial charge >= 0.3 is 49.4 Å². The predicted molar refractivity (Wildman–Crippen MR) is 450 cm³/mol. The first-order valence-electron chi connectivity index (χ1n) is 28.1. The van der Waals surface area contributed by atoms with Crippen molar-refractivity contribution >= 4 is 223 Å². The number of alkyl halides is 5. The van der Waals surface area contributed by atoms with E-state index in [1.807, 2.05) is 89.8 Å². The summed E-state index contributed by atoms with van der Waals surface area (Å²) in [7, 11) is 0.628. The molecule has 518 valence electrons. The van der Waals surface area contributed by atoms with E-state index in [0.29, 0.717) is 46.4 Å². The first-order chi connectivity index (χ1) is 39.3. The van der Waals surface area contributed by atoms with E-state index in [9.17, 15) is 14.4 Å². The van der Waals surface area contributed by atoms with Crippen molar-refractivity contribution in [2.45, 2.75) is 168 Å². The van der Waals surface area contributed by atoms with E-state index in [-0.39, 0.29) is 165 Å². The quantitative estimate of drug-likeness (QED) is 0.0816. The van der Waals surface area contributed by atoms with E-state index < -0.39 is 13.2 Å². The fourth-order valence-electron chi connectivity index (χ4n) is 8.05. The minimum Gasteiger partial charge on any atom is 0 e. The Morgan fingerprint density at radius 3 is 0.921 bits per heavy atom. The molecule has 3 heterocycles. The molecule has 0 bridgehead atoms. The zero-order chi connectivity index (χ0) is 65.7. The van der Waals surface area contributed by atoms with Crippen LogP contribution >= 0.6 is 199 Å². The number of hydrogen-bond acceptors (Lipinski definition) is 10. The van der Waals surface area contributed by atoms with Gasteiger partial charge in [-0.3, -0.25) is 33.5 Å². The van der Waals surface area contributed by atoms with Crippen LogP contribution in [0.4, 0.5) is 0 Å². The Hall–Kier alpha value is 5.32. The first-order valence-corrected chi connectivity index (χ1v) is 44.0. The molecule has 3 saturated heterocycles. The second kappa shape index (κ2) is 82.3. The van der Waals surface area contributed by atoms with E-state index in [1.54, 1.807) is 16.7 Å². The van der Waals surface area contributed by atoms with Crippen molar-refractivity contribution in [1.29, 1.82) is 0 Å². The standard InChI is InChI=1S/C15H23N3O.2C15H22N2O2.C2H3I3.C2H4I2.C2H4I.C2H3O.3C2H6.C2H5.2CH3.3HI.2V.2Y/c1-12-10-18(15(19)8-16)13(2)9-17(12)11-14-6-4-3-5-7-14;2*1-12-9-17(15(19)11-18)13(2)8-16(12)10-14-6-4-3-5-7-14;1-2(3,4)5;1-2(3)4;2*1-2-3;4*1-2;;;;;;;;;/h3-7,12-13H,8-11,16H2,1-2H3;2*3-7,12-13,18H,8-11H2,1-2H3;1H3;2H,1H3;2H,1H3;2H,1H2;3*1-2H3;1H2,2H3;2*1H3;3*1H;;;;/q;;;;;2*-1;;;;3*-1;;;;;+2;;/p-2. The van der Waals surface area contributed by atoms with Gasteiger partial charge in [-0.15, -0.1) is 24.0 Å². The predicted octanol–water partition coefficient (Wildman–Crippen LogP) is 17.3. The zero-order valence-electron chi connectivity index (χ0n) is 56.5. The van der Waals surface area contributed by atoms with Gasteiger partial charge in [-0.1, -0.05) is 245 Å². The van der Waals surface area contributed by atoms with Crippen molar-refractivity contribution in [3.8, 4) is 0 Å². The van der Waals surface area contributed by atoms with Crippen LogP contribution in [0, 0.1) is 33.1 Å². The number of carbonyl (C=O) groups excluding carboxylic acids is 4. The Morgan fingerprint density at radius 1 is 0.596 bits per heavy atom. The summed E-state index contributed by atoms with van der Waals surface area (Å²) in [6.07, 6.45) is 0.500. The summed E-state index contributed by atoms with van der Waals surface area (Å²) in [6.45, 7) is 45.5. The van der Waals surface area contributed by atoms with Gasteiger partial charge in [0.25, 0.3) is 0 Å². The number of aliphatic hydroxyl groups excluding tert-OH is 2. The number of benzene rings is 3. The largest absolute Gasteiger partial charge is 0 e. The average Bonchev–Trinajstić information content (AvgIpc) is 3.46. The number of carbonyl (C=O) groups is 4. The van der Waals surface area contributed by atoms with Gasteiger partial charge in [0.2, 0.25) is 17.7 Å². The van der Waals surface area contributed by atoms with E-state index >= 15 is 0 Å². The van der Waals surface area contributed by atoms with Crippen LogP contribution in [0.2, 0.25) is 0 Å². The number of hydrogen-bond donors (Lipinski definition) is 3. The summed E-state index contributed by atoms with van der Waals surface area (Å²) >= 11 is 18.6. The Balaban J connectivity index is -0.0000000813. The van der Waals surface area contributed by atoms with Crippen LogP contribution in [-0.4, -0.2) is 160 Å². The molecular formula is C63H111I9N7O6V2Y2-5. The van der Waals surface area contributed by atoms with Crippen LogP contribution < -0.4 is 5.73 Å². The fraction of sp³-hybridized carbons (Fsp3) is 0.571. The molecule has 13 nitrogen and oxygen atoms in total. The maximum atomic E-state index is 11.8. The fourth-order valence-corrected chi connectivity index (χ4v) is 8.05. The van der Waals surface area contributed by atoms with Crippen molar-refractivity contribution in [3.63, 3.8) is 0 Å². The maximum absolute atomic E-state index is 11.8. The van der Waals surface area contributed by atoms with Crippen molar-refractivity contribution in [3.05, 3.63) is 141 Å². The molecule has 0 saturated carbocycles. The van der Waals surface area contributed by atoms with Gasteiger partial charge in [0.15, 0.2) is 0 Å². The first kappa shape index (κ1) is 121. The number of aliphatic hydroxyl groups is 2. The third kappa shape index (κ3) is 67.6. The maximum Gasteiger partial charge on any atom is 0 e. The Morgan fingerprint density at radius 2 is 0.764 bits per heavy atom. The molecule has 0 aromatic heterocycles.